The fourth-order valence-electron chi connectivity index (χ4n) is 2.62. The molecule has 0 fully saturated rings. The van der Waals surface area contributed by atoms with Crippen molar-refractivity contribution in [3.63, 3.8) is 0 Å². The smallest absolute Gasteiger partial charge is 0.248 e. The molecule has 0 aliphatic carbocycles. The van der Waals surface area contributed by atoms with Gasteiger partial charge in [-0.2, -0.15) is 5.26 Å². The van der Waals surface area contributed by atoms with Gasteiger partial charge in [0.25, 0.3) is 0 Å². The summed E-state index contributed by atoms with van der Waals surface area (Å²) in [5, 5.41) is 13.6. The van der Waals surface area contributed by atoms with Crippen molar-refractivity contribution >= 4 is 45.5 Å². The van der Waals surface area contributed by atoms with Gasteiger partial charge in [-0.15, -0.1) is 0 Å². The van der Waals surface area contributed by atoms with E-state index in [1.54, 1.807) is 6.07 Å². The molecule has 1 heterocycles. The molecule has 2 aromatic carbocycles. The Hall–Kier alpha value is -3.67. The molecule has 0 unspecified atom stereocenters. The molecule has 3 aromatic rings. The van der Waals surface area contributed by atoms with Crippen LogP contribution in [0.4, 0.5) is 21.5 Å². The van der Waals surface area contributed by atoms with Gasteiger partial charge in [-0.25, -0.2) is 4.39 Å². The van der Waals surface area contributed by atoms with Crippen LogP contribution >= 0.6 is 11.6 Å². The zero-order valence-electron chi connectivity index (χ0n) is 31.4. The lowest BCUT2D eigenvalue weighted by Crippen LogP contribution is -2.13. The molecule has 7 nitrogen and oxygen atoms in total. The summed E-state index contributed by atoms with van der Waals surface area (Å²) in [6.07, 6.45) is 1.67. The summed E-state index contributed by atoms with van der Waals surface area (Å²) in [4.78, 5) is 17.2. The number of anilines is 3. The fraction of sp³-hybridized carbons (Fsp3) is 0.208. The fourth-order valence-corrected chi connectivity index (χ4v) is 2.76. The number of ether oxygens (including phenoxy) is 1. The lowest BCUT2D eigenvalue weighted by Gasteiger charge is -2.16. The summed E-state index contributed by atoms with van der Waals surface area (Å²) in [5.41, 5.74) is -1.68. The number of nitrogens with one attached hydrogen (secondary N) is 2. The zero-order chi connectivity index (χ0) is 36.7. The van der Waals surface area contributed by atoms with Crippen LogP contribution in [0.2, 0.25) is 5.02 Å². The number of likely N-dealkylation sites (N-methyl/N-ethyl adjacent to an activating group) is 1. The third-order valence-corrected chi connectivity index (χ3v) is 4.24. The van der Waals surface area contributed by atoms with Gasteiger partial charge in [0.2, 0.25) is 5.91 Å². The number of rotatable bonds is 8. The first kappa shape index (κ1) is 11.0. The number of hydrogen-bond donors (Lipinski definition) is 2. The van der Waals surface area contributed by atoms with E-state index >= 15 is 0 Å². The summed E-state index contributed by atoms with van der Waals surface area (Å²) in [6, 6.07) is 0.236. The number of aromatic nitrogens is 1. The van der Waals surface area contributed by atoms with Crippen molar-refractivity contribution in [2.45, 2.75) is 6.85 Å². The van der Waals surface area contributed by atoms with E-state index in [9.17, 15) is 14.4 Å². The third-order valence-electron chi connectivity index (χ3n) is 3.98. The number of halogens is 2. The van der Waals surface area contributed by atoms with Gasteiger partial charge in [0.15, 0.2) is 0 Å². The van der Waals surface area contributed by atoms with E-state index in [1.165, 1.54) is 0 Å². The summed E-state index contributed by atoms with van der Waals surface area (Å²) in [7, 11) is 0. The lowest BCUT2D eigenvalue weighted by molar-refractivity contribution is -0.111. The molecule has 0 radical (unpaired) electrons. The summed E-state index contributed by atoms with van der Waals surface area (Å²) >= 11 is 5.83. The van der Waals surface area contributed by atoms with Gasteiger partial charge in [0, 0.05) is 48.3 Å². The average molecular weight is 483 g/mol. The van der Waals surface area contributed by atoms with E-state index in [-0.39, 0.29) is 27.1 Å². The minimum atomic E-state index is -3.37. The molecular weight excluding hydrogens is 445 g/mol. The van der Waals surface area contributed by atoms with Crippen molar-refractivity contribution in [3.05, 3.63) is 65.0 Å². The Morgan fingerprint density at radius 3 is 3.12 bits per heavy atom. The quantitative estimate of drug-likeness (QED) is 0.434. The predicted octanol–water partition coefficient (Wildman–Crippen LogP) is 5.10. The van der Waals surface area contributed by atoms with Crippen molar-refractivity contribution in [2.75, 3.05) is 37.7 Å². The molecule has 0 saturated carbocycles. The SMILES string of the molecule is [2H]/C(=C\CN(C([2H])([2H])[2H])C([2H])([2H])[2H])C(=O)Nc1cc2c(Nc3c([2H])c([2H])c(F)c(Cl)c3[2H])c(C#N)cnc2cc1OC([2H])([2H])C([2H])([2H])[2H]. The van der Waals surface area contributed by atoms with Crippen LogP contribution in [0.3, 0.4) is 0 Å². The van der Waals surface area contributed by atoms with E-state index in [0.29, 0.717) is 6.08 Å². The second kappa shape index (κ2) is 10.8. The van der Waals surface area contributed by atoms with Gasteiger partial charge in [0.05, 0.1) is 42.3 Å². The van der Waals surface area contributed by atoms with Crippen LogP contribution < -0.4 is 15.4 Å². The van der Waals surface area contributed by atoms with Gasteiger partial charge in [-0.05, 0) is 45.0 Å². The normalized spacial score (nSPS) is 19.6. The van der Waals surface area contributed by atoms with Gasteiger partial charge in [-0.1, -0.05) is 17.7 Å². The minimum Gasteiger partial charge on any atom is -0.492 e. The average Bonchev–Trinajstić information content (AvgIpc) is 2.95. The van der Waals surface area contributed by atoms with Crippen LogP contribution in [0.25, 0.3) is 10.9 Å². The highest BCUT2D eigenvalue weighted by molar-refractivity contribution is 6.31. The molecule has 33 heavy (non-hydrogen) atoms. The van der Waals surface area contributed by atoms with Crippen LogP contribution in [0, 0.1) is 17.1 Å². The monoisotopic (exact) mass is 482 g/mol. The standard InChI is InChI=1S/C24H23ClFN5O2/c1-4-33-22-12-20-17(11-21(22)30-23(32)6-5-9-31(2)3)24(15(13-27)14-28-20)29-16-7-8-19(26)18(25)10-16/h5-8,10-12,14H,4,9H2,1-3H3,(H,28,29)(H,30,32)/b6-5+/i1D3,2D3,3D3,4D2,6D,7D,8D,10D. The molecule has 0 bridgehead atoms. The summed E-state index contributed by atoms with van der Waals surface area (Å²) < 4.78 is 134. The Morgan fingerprint density at radius 1 is 1.52 bits per heavy atom. The molecule has 0 saturated heterocycles. The zero-order valence-corrected chi connectivity index (χ0v) is 17.2. The van der Waals surface area contributed by atoms with E-state index in [2.05, 4.69) is 15.6 Å². The van der Waals surface area contributed by atoms with Crippen molar-refractivity contribution in [1.82, 2.24) is 9.88 Å². The first-order chi connectivity index (χ1) is 21.8. The number of pyridine rings is 1. The van der Waals surface area contributed by atoms with Crippen LogP contribution in [0.1, 0.15) is 33.0 Å². The maximum Gasteiger partial charge on any atom is 0.248 e. The number of nitrogens with zero attached hydrogens (tertiary/aromatic N) is 3. The van der Waals surface area contributed by atoms with Crippen LogP contribution in [-0.4, -0.2) is 42.8 Å². The molecule has 1 amide bonds. The summed E-state index contributed by atoms with van der Waals surface area (Å²) in [6.45, 7) is -13.9. The number of carbonyl (C=O) groups is 1. The molecule has 0 spiro atoms. The number of benzene rings is 2. The molecule has 3 rings (SSSR count). The number of hydrogen-bond acceptors (Lipinski definition) is 6. The maximum absolute atomic E-state index is 14.2. The number of carbonyl (C=O) groups excluding carboxylic acids is 1. The van der Waals surface area contributed by atoms with Crippen molar-refractivity contribution in [2.24, 2.45) is 0 Å². The number of fused-ring (bicyclic) bond motifs is 1. The highest BCUT2D eigenvalue weighted by Gasteiger charge is 2.15. The van der Waals surface area contributed by atoms with E-state index in [1.807, 2.05) is 0 Å². The minimum absolute atomic E-state index is 0.0649. The number of nitriles is 1. The molecule has 0 aliphatic rings. The van der Waals surface area contributed by atoms with E-state index < -0.39 is 92.0 Å². The lowest BCUT2D eigenvalue weighted by atomic mass is 10.1. The Labute approximate surface area is 217 Å². The Balaban J connectivity index is 2.23. The second-order valence-electron chi connectivity index (χ2n) is 6.14. The molecular formula is C24H23ClFN5O2. The number of amides is 1. The Kier molecular flexibility index (Phi) is 3.58. The second-order valence-corrected chi connectivity index (χ2v) is 6.52. The Bertz CT molecular complexity index is 1800. The van der Waals surface area contributed by atoms with Crippen LogP contribution in [0.15, 0.2) is 48.6 Å². The predicted molar refractivity (Wildman–Crippen MR) is 129 cm³/mol. The molecule has 0 aliphatic heterocycles. The first-order valence-electron chi connectivity index (χ1n) is 16.3. The first-order valence-corrected chi connectivity index (χ1v) is 9.23. The largest absolute Gasteiger partial charge is 0.492 e. The molecule has 1 aromatic heterocycles. The maximum atomic E-state index is 14.2. The van der Waals surface area contributed by atoms with Crippen LogP contribution in [-0.2, 0) is 4.79 Å². The van der Waals surface area contributed by atoms with Gasteiger partial charge >= 0.3 is 0 Å². The van der Waals surface area contributed by atoms with Crippen molar-refractivity contribution in [1.29, 1.82) is 5.26 Å². The summed E-state index contributed by atoms with van der Waals surface area (Å²) in [5.74, 6) is -3.32. The highest BCUT2D eigenvalue weighted by atomic mass is 35.5. The van der Waals surface area contributed by atoms with Crippen molar-refractivity contribution < 1.29 is 34.5 Å². The van der Waals surface area contributed by atoms with Gasteiger partial charge in [-0.3, -0.25) is 9.78 Å². The Morgan fingerprint density at radius 2 is 2.36 bits per heavy atom. The highest BCUT2D eigenvalue weighted by Crippen LogP contribution is 2.36. The third kappa shape index (κ3) is 5.98. The molecule has 9 heteroatoms. The topological polar surface area (TPSA) is 90.3 Å². The molecule has 170 valence electrons. The van der Waals surface area contributed by atoms with Crippen molar-refractivity contribution in [3.8, 4) is 11.8 Å². The van der Waals surface area contributed by atoms with Gasteiger partial charge < -0.3 is 20.3 Å². The van der Waals surface area contributed by atoms with E-state index in [4.69, 9.17) is 36.9 Å². The van der Waals surface area contributed by atoms with Crippen LogP contribution in [0.5, 0.6) is 5.75 Å². The molecule has 2 N–H and O–H groups in total. The van der Waals surface area contributed by atoms with E-state index in [0.717, 1.165) is 18.3 Å². The molecule has 0 atom stereocenters. The van der Waals surface area contributed by atoms with Gasteiger partial charge in [0.1, 0.15) is 17.6 Å².